The van der Waals surface area contributed by atoms with Crippen molar-refractivity contribution in [2.45, 2.75) is 39.5 Å². The fraction of sp³-hybridized carbons (Fsp3) is 0.533. The highest BCUT2D eigenvalue weighted by molar-refractivity contribution is 5.92. The van der Waals surface area contributed by atoms with E-state index in [9.17, 15) is 4.79 Å². The first-order chi connectivity index (χ1) is 8.67. The predicted octanol–water partition coefficient (Wildman–Crippen LogP) is 3.14. The van der Waals surface area contributed by atoms with Crippen LogP contribution in [0.3, 0.4) is 0 Å². The molecule has 0 saturated carbocycles. The molecule has 1 atom stereocenters. The maximum absolute atomic E-state index is 11.6. The van der Waals surface area contributed by atoms with Gasteiger partial charge in [0.05, 0.1) is 6.54 Å². The maximum atomic E-state index is 11.6. The summed E-state index contributed by atoms with van der Waals surface area (Å²) in [5.74, 6) is 0.584. The van der Waals surface area contributed by atoms with Gasteiger partial charge < -0.3 is 10.6 Å². The third-order valence-corrected chi connectivity index (χ3v) is 3.09. The minimum Gasteiger partial charge on any atom is -0.325 e. The first-order valence-electron chi connectivity index (χ1n) is 6.77. The van der Waals surface area contributed by atoms with Crippen LogP contribution in [0.5, 0.6) is 0 Å². The monoisotopic (exact) mass is 248 g/mol. The molecule has 0 saturated heterocycles. The molecular formula is C15H24N2O. The Morgan fingerprint density at radius 2 is 1.89 bits per heavy atom. The molecular weight excluding hydrogens is 224 g/mol. The summed E-state index contributed by atoms with van der Waals surface area (Å²) in [6.07, 6.45) is 2.17. The normalized spacial score (nSPS) is 12.2. The molecule has 1 amide bonds. The number of carbonyl (C=O) groups excluding carboxylic acids is 1. The Labute approximate surface area is 110 Å². The molecule has 1 rings (SSSR count). The molecule has 100 valence electrons. The van der Waals surface area contributed by atoms with Gasteiger partial charge in [-0.1, -0.05) is 32.9 Å². The molecule has 0 bridgehead atoms. The van der Waals surface area contributed by atoms with Gasteiger partial charge in [0.15, 0.2) is 0 Å². The molecule has 0 aromatic heterocycles. The first kappa shape index (κ1) is 14.7. The number of nitrogens with one attached hydrogen (secondary N) is 2. The van der Waals surface area contributed by atoms with Crippen LogP contribution in [0.2, 0.25) is 0 Å². The van der Waals surface area contributed by atoms with Crippen LogP contribution < -0.4 is 10.6 Å². The summed E-state index contributed by atoms with van der Waals surface area (Å²) in [6, 6.07) is 8.12. The zero-order valence-corrected chi connectivity index (χ0v) is 11.6. The second-order valence-corrected chi connectivity index (χ2v) is 4.66. The van der Waals surface area contributed by atoms with Crippen molar-refractivity contribution in [3.05, 3.63) is 29.8 Å². The Morgan fingerprint density at radius 3 is 2.44 bits per heavy atom. The Morgan fingerprint density at radius 1 is 1.22 bits per heavy atom. The number of amides is 1. The molecule has 3 nitrogen and oxygen atoms in total. The maximum Gasteiger partial charge on any atom is 0.238 e. The summed E-state index contributed by atoms with van der Waals surface area (Å²) in [5.41, 5.74) is 2.19. The lowest BCUT2D eigenvalue weighted by Crippen LogP contribution is -2.28. The minimum atomic E-state index is 0.0136. The van der Waals surface area contributed by atoms with E-state index < -0.39 is 0 Å². The summed E-state index contributed by atoms with van der Waals surface area (Å²) >= 11 is 0. The van der Waals surface area contributed by atoms with Crippen LogP contribution in [0.4, 0.5) is 5.69 Å². The van der Waals surface area contributed by atoms with E-state index in [1.165, 1.54) is 5.56 Å². The van der Waals surface area contributed by atoms with E-state index in [1.54, 1.807) is 0 Å². The minimum absolute atomic E-state index is 0.0136. The topological polar surface area (TPSA) is 41.1 Å². The van der Waals surface area contributed by atoms with Gasteiger partial charge in [-0.05, 0) is 43.0 Å². The van der Waals surface area contributed by atoms with Crippen molar-refractivity contribution in [1.82, 2.24) is 5.32 Å². The summed E-state index contributed by atoms with van der Waals surface area (Å²) in [5, 5.41) is 5.97. The number of carbonyl (C=O) groups is 1. The average Bonchev–Trinajstić information content (AvgIpc) is 2.39. The highest BCUT2D eigenvalue weighted by Gasteiger charge is 2.04. The van der Waals surface area contributed by atoms with Crippen LogP contribution in [0.15, 0.2) is 24.3 Å². The smallest absolute Gasteiger partial charge is 0.238 e. The Kier molecular flexibility index (Phi) is 6.44. The van der Waals surface area contributed by atoms with Gasteiger partial charge in [0.25, 0.3) is 0 Å². The first-order valence-corrected chi connectivity index (χ1v) is 6.77. The van der Waals surface area contributed by atoms with Crippen molar-refractivity contribution in [2.24, 2.45) is 0 Å². The fourth-order valence-corrected chi connectivity index (χ4v) is 1.71. The van der Waals surface area contributed by atoms with Crippen molar-refractivity contribution in [3.8, 4) is 0 Å². The highest BCUT2D eigenvalue weighted by atomic mass is 16.1. The summed E-state index contributed by atoms with van der Waals surface area (Å²) < 4.78 is 0. The number of hydrogen-bond donors (Lipinski definition) is 2. The van der Waals surface area contributed by atoms with Crippen molar-refractivity contribution in [2.75, 3.05) is 18.4 Å². The number of anilines is 1. The van der Waals surface area contributed by atoms with Gasteiger partial charge in [0, 0.05) is 5.69 Å². The van der Waals surface area contributed by atoms with E-state index in [-0.39, 0.29) is 5.91 Å². The summed E-state index contributed by atoms with van der Waals surface area (Å²) in [7, 11) is 0. The van der Waals surface area contributed by atoms with E-state index in [0.717, 1.165) is 25.1 Å². The summed E-state index contributed by atoms with van der Waals surface area (Å²) in [6.45, 7) is 7.72. The van der Waals surface area contributed by atoms with Gasteiger partial charge in [-0.2, -0.15) is 0 Å². The van der Waals surface area contributed by atoms with Gasteiger partial charge in [-0.3, -0.25) is 4.79 Å². The van der Waals surface area contributed by atoms with E-state index >= 15 is 0 Å². The molecule has 2 N–H and O–H groups in total. The van der Waals surface area contributed by atoms with Crippen LogP contribution >= 0.6 is 0 Å². The van der Waals surface area contributed by atoms with E-state index in [1.807, 2.05) is 12.1 Å². The molecule has 0 aliphatic carbocycles. The molecule has 0 fully saturated rings. The Hall–Kier alpha value is -1.35. The van der Waals surface area contributed by atoms with Crippen LogP contribution in [0, 0.1) is 0 Å². The quantitative estimate of drug-likeness (QED) is 0.728. The standard InChI is InChI=1S/C15H24N2O/c1-4-10-16-11-15(18)17-14-8-6-13(7-9-14)12(3)5-2/h6-9,12,16H,4-5,10-11H2,1-3H3,(H,17,18). The number of hydrogen-bond acceptors (Lipinski definition) is 2. The largest absolute Gasteiger partial charge is 0.325 e. The Balaban J connectivity index is 2.45. The Bertz CT molecular complexity index is 359. The SMILES string of the molecule is CCCNCC(=O)Nc1ccc(C(C)CC)cc1. The molecule has 0 radical (unpaired) electrons. The van der Waals surface area contributed by atoms with Crippen LogP contribution in [0.1, 0.15) is 45.1 Å². The third kappa shape index (κ3) is 4.88. The van der Waals surface area contributed by atoms with Crippen molar-refractivity contribution in [1.29, 1.82) is 0 Å². The number of rotatable bonds is 7. The highest BCUT2D eigenvalue weighted by Crippen LogP contribution is 2.20. The molecule has 0 spiro atoms. The number of benzene rings is 1. The van der Waals surface area contributed by atoms with Crippen LogP contribution in [-0.4, -0.2) is 19.0 Å². The lowest BCUT2D eigenvalue weighted by Gasteiger charge is -2.10. The van der Waals surface area contributed by atoms with Crippen molar-refractivity contribution >= 4 is 11.6 Å². The van der Waals surface area contributed by atoms with Gasteiger partial charge in [-0.15, -0.1) is 0 Å². The van der Waals surface area contributed by atoms with E-state index in [4.69, 9.17) is 0 Å². The van der Waals surface area contributed by atoms with Crippen LogP contribution in [0.25, 0.3) is 0 Å². The molecule has 1 aromatic rings. The third-order valence-electron chi connectivity index (χ3n) is 3.09. The van der Waals surface area contributed by atoms with Crippen LogP contribution in [-0.2, 0) is 4.79 Å². The molecule has 1 unspecified atom stereocenters. The molecule has 0 aliphatic rings. The molecule has 1 aromatic carbocycles. The molecule has 3 heteroatoms. The van der Waals surface area contributed by atoms with Gasteiger partial charge in [0.1, 0.15) is 0 Å². The average molecular weight is 248 g/mol. The lowest BCUT2D eigenvalue weighted by atomic mass is 9.99. The second kappa shape index (κ2) is 7.88. The van der Waals surface area contributed by atoms with Gasteiger partial charge >= 0.3 is 0 Å². The zero-order valence-electron chi connectivity index (χ0n) is 11.6. The fourth-order valence-electron chi connectivity index (χ4n) is 1.71. The summed E-state index contributed by atoms with van der Waals surface area (Å²) in [4.78, 5) is 11.6. The van der Waals surface area contributed by atoms with E-state index in [0.29, 0.717) is 12.5 Å². The molecule has 0 heterocycles. The van der Waals surface area contributed by atoms with Gasteiger partial charge in [0.2, 0.25) is 5.91 Å². The second-order valence-electron chi connectivity index (χ2n) is 4.66. The van der Waals surface area contributed by atoms with Crippen molar-refractivity contribution in [3.63, 3.8) is 0 Å². The lowest BCUT2D eigenvalue weighted by molar-refractivity contribution is -0.115. The van der Waals surface area contributed by atoms with Crippen molar-refractivity contribution < 1.29 is 4.79 Å². The molecule has 18 heavy (non-hydrogen) atoms. The predicted molar refractivity (Wildman–Crippen MR) is 76.9 cm³/mol. The van der Waals surface area contributed by atoms with Gasteiger partial charge in [-0.25, -0.2) is 0 Å². The molecule has 0 aliphatic heterocycles. The zero-order chi connectivity index (χ0) is 13.4. The van der Waals surface area contributed by atoms with E-state index in [2.05, 4.69) is 43.5 Å².